The molecule has 0 saturated carbocycles. The molecule has 0 spiro atoms. The molecule has 0 heterocycles. The SMILES string of the molecule is CCOc1cccc(CNCCc2ccc(OC)cc2)c1OCc1ccc(Cl)cc1.Cl. The van der Waals surface area contributed by atoms with Crippen LogP contribution in [0.2, 0.25) is 5.02 Å². The molecule has 0 fully saturated rings. The van der Waals surface area contributed by atoms with Crippen LogP contribution in [0.15, 0.2) is 66.7 Å². The minimum atomic E-state index is 0. The number of para-hydroxylation sites is 1. The van der Waals surface area contributed by atoms with Gasteiger partial charge in [-0.25, -0.2) is 0 Å². The lowest BCUT2D eigenvalue weighted by atomic mass is 10.1. The van der Waals surface area contributed by atoms with Crippen LogP contribution >= 0.6 is 24.0 Å². The van der Waals surface area contributed by atoms with E-state index in [0.717, 1.165) is 46.4 Å². The van der Waals surface area contributed by atoms with Gasteiger partial charge < -0.3 is 19.5 Å². The first-order valence-electron chi connectivity index (χ1n) is 10.1. The summed E-state index contributed by atoms with van der Waals surface area (Å²) in [4.78, 5) is 0. The van der Waals surface area contributed by atoms with E-state index in [9.17, 15) is 0 Å². The highest BCUT2D eigenvalue weighted by atomic mass is 35.5. The summed E-state index contributed by atoms with van der Waals surface area (Å²) >= 11 is 5.98. The third-order valence-corrected chi connectivity index (χ3v) is 4.97. The van der Waals surface area contributed by atoms with Gasteiger partial charge in [-0.2, -0.15) is 0 Å². The largest absolute Gasteiger partial charge is 0.497 e. The maximum atomic E-state index is 6.17. The van der Waals surface area contributed by atoms with Crippen molar-refractivity contribution in [2.75, 3.05) is 20.3 Å². The van der Waals surface area contributed by atoms with Crippen molar-refractivity contribution in [2.24, 2.45) is 0 Å². The standard InChI is InChI=1S/C25H28ClNO3.ClH/c1-3-29-24-6-4-5-21(25(24)30-18-20-7-11-22(26)12-8-20)17-27-16-15-19-9-13-23(28-2)14-10-19;/h4-14,27H,3,15-18H2,1-2H3;1H. The number of methoxy groups -OCH3 is 1. The predicted octanol–water partition coefficient (Wildman–Crippen LogP) is 6.08. The van der Waals surface area contributed by atoms with Crippen LogP contribution in [0.4, 0.5) is 0 Å². The lowest BCUT2D eigenvalue weighted by Gasteiger charge is -2.16. The predicted molar refractivity (Wildman–Crippen MR) is 129 cm³/mol. The second-order valence-corrected chi connectivity index (χ2v) is 7.30. The Hall–Kier alpha value is -2.40. The first kappa shape index (κ1) is 24.9. The van der Waals surface area contributed by atoms with E-state index in [1.54, 1.807) is 7.11 Å². The Morgan fingerprint density at radius 1 is 0.871 bits per heavy atom. The molecular weight excluding hydrogens is 433 g/mol. The maximum absolute atomic E-state index is 6.17. The fourth-order valence-electron chi connectivity index (χ4n) is 3.12. The second-order valence-electron chi connectivity index (χ2n) is 6.87. The van der Waals surface area contributed by atoms with Gasteiger partial charge in [-0.3, -0.25) is 0 Å². The highest BCUT2D eigenvalue weighted by Crippen LogP contribution is 2.32. The van der Waals surface area contributed by atoms with Crippen LogP contribution in [0, 0.1) is 0 Å². The first-order valence-corrected chi connectivity index (χ1v) is 10.5. The molecule has 3 aromatic rings. The molecule has 3 aromatic carbocycles. The zero-order chi connectivity index (χ0) is 21.2. The van der Waals surface area contributed by atoms with Crippen molar-refractivity contribution in [3.8, 4) is 17.2 Å². The summed E-state index contributed by atoms with van der Waals surface area (Å²) in [6.45, 7) is 4.59. The van der Waals surface area contributed by atoms with Crippen LogP contribution < -0.4 is 19.5 Å². The smallest absolute Gasteiger partial charge is 0.166 e. The van der Waals surface area contributed by atoms with Crippen LogP contribution in [-0.2, 0) is 19.6 Å². The molecule has 6 heteroatoms. The van der Waals surface area contributed by atoms with E-state index in [-0.39, 0.29) is 12.4 Å². The van der Waals surface area contributed by atoms with Crippen molar-refractivity contribution in [3.63, 3.8) is 0 Å². The fraction of sp³-hybridized carbons (Fsp3) is 0.280. The van der Waals surface area contributed by atoms with Crippen LogP contribution in [0.3, 0.4) is 0 Å². The average Bonchev–Trinajstić information content (AvgIpc) is 2.78. The fourth-order valence-corrected chi connectivity index (χ4v) is 3.24. The lowest BCUT2D eigenvalue weighted by molar-refractivity contribution is 0.266. The Kier molecular flexibility index (Phi) is 10.5. The van der Waals surface area contributed by atoms with E-state index < -0.39 is 0 Å². The van der Waals surface area contributed by atoms with Crippen molar-refractivity contribution in [1.82, 2.24) is 5.32 Å². The van der Waals surface area contributed by atoms with Crippen molar-refractivity contribution in [1.29, 1.82) is 0 Å². The van der Waals surface area contributed by atoms with Gasteiger partial charge in [0.05, 0.1) is 13.7 Å². The number of hydrogen-bond acceptors (Lipinski definition) is 4. The van der Waals surface area contributed by atoms with E-state index in [1.807, 2.05) is 55.5 Å². The summed E-state index contributed by atoms with van der Waals surface area (Å²) in [5.74, 6) is 2.43. The van der Waals surface area contributed by atoms with Gasteiger partial charge in [0, 0.05) is 17.1 Å². The number of rotatable bonds is 11. The van der Waals surface area contributed by atoms with E-state index in [4.69, 9.17) is 25.8 Å². The summed E-state index contributed by atoms with van der Waals surface area (Å²) in [7, 11) is 1.68. The molecular formula is C25H29Cl2NO3. The average molecular weight is 462 g/mol. The van der Waals surface area contributed by atoms with Crippen molar-refractivity contribution in [3.05, 3.63) is 88.4 Å². The minimum absolute atomic E-state index is 0. The van der Waals surface area contributed by atoms with Gasteiger partial charge in [0.15, 0.2) is 11.5 Å². The van der Waals surface area contributed by atoms with Gasteiger partial charge in [-0.1, -0.05) is 48.0 Å². The van der Waals surface area contributed by atoms with Crippen molar-refractivity contribution >= 4 is 24.0 Å². The highest BCUT2D eigenvalue weighted by molar-refractivity contribution is 6.30. The van der Waals surface area contributed by atoms with Gasteiger partial charge in [-0.05, 0) is 61.3 Å². The molecule has 0 aliphatic heterocycles. The van der Waals surface area contributed by atoms with Gasteiger partial charge in [0.25, 0.3) is 0 Å². The summed E-state index contributed by atoms with van der Waals surface area (Å²) in [6, 6.07) is 21.9. The van der Waals surface area contributed by atoms with E-state index in [2.05, 4.69) is 23.5 Å². The Bertz CT molecular complexity index is 915. The molecule has 0 radical (unpaired) electrons. The molecule has 0 aliphatic carbocycles. The number of benzene rings is 3. The van der Waals surface area contributed by atoms with E-state index in [0.29, 0.717) is 19.8 Å². The van der Waals surface area contributed by atoms with Crippen LogP contribution in [0.25, 0.3) is 0 Å². The normalized spacial score (nSPS) is 10.3. The molecule has 166 valence electrons. The Balaban J connectivity index is 0.00000341. The number of nitrogens with one attached hydrogen (secondary N) is 1. The van der Waals surface area contributed by atoms with Gasteiger partial charge in [0.1, 0.15) is 12.4 Å². The van der Waals surface area contributed by atoms with Crippen molar-refractivity contribution < 1.29 is 14.2 Å². The van der Waals surface area contributed by atoms with Gasteiger partial charge >= 0.3 is 0 Å². The Morgan fingerprint density at radius 2 is 1.58 bits per heavy atom. The summed E-state index contributed by atoms with van der Waals surface area (Å²) in [6.07, 6.45) is 0.941. The number of hydrogen-bond donors (Lipinski definition) is 1. The Labute approximate surface area is 195 Å². The zero-order valence-electron chi connectivity index (χ0n) is 17.9. The van der Waals surface area contributed by atoms with Gasteiger partial charge in [-0.15, -0.1) is 12.4 Å². The lowest BCUT2D eigenvalue weighted by Crippen LogP contribution is -2.17. The molecule has 1 N–H and O–H groups in total. The number of ether oxygens (including phenoxy) is 3. The van der Waals surface area contributed by atoms with E-state index >= 15 is 0 Å². The first-order chi connectivity index (χ1) is 14.7. The van der Waals surface area contributed by atoms with Crippen LogP contribution in [0.5, 0.6) is 17.2 Å². The molecule has 0 saturated heterocycles. The molecule has 3 rings (SSSR count). The molecule has 4 nitrogen and oxygen atoms in total. The highest BCUT2D eigenvalue weighted by Gasteiger charge is 2.11. The summed E-state index contributed by atoms with van der Waals surface area (Å²) in [5.41, 5.74) is 3.40. The third kappa shape index (κ3) is 7.66. The molecule has 31 heavy (non-hydrogen) atoms. The maximum Gasteiger partial charge on any atom is 0.166 e. The summed E-state index contributed by atoms with van der Waals surface area (Å²) in [5, 5.41) is 4.23. The minimum Gasteiger partial charge on any atom is -0.497 e. The topological polar surface area (TPSA) is 39.7 Å². The quantitative estimate of drug-likeness (QED) is 0.351. The Morgan fingerprint density at radius 3 is 2.26 bits per heavy atom. The molecule has 0 unspecified atom stereocenters. The third-order valence-electron chi connectivity index (χ3n) is 4.72. The van der Waals surface area contributed by atoms with Gasteiger partial charge in [0.2, 0.25) is 0 Å². The molecule has 0 aliphatic rings. The molecule has 0 amide bonds. The van der Waals surface area contributed by atoms with Crippen LogP contribution in [0.1, 0.15) is 23.6 Å². The molecule has 0 atom stereocenters. The molecule has 0 aromatic heterocycles. The van der Waals surface area contributed by atoms with Crippen molar-refractivity contribution in [2.45, 2.75) is 26.5 Å². The number of halogens is 2. The van der Waals surface area contributed by atoms with Crippen LogP contribution in [-0.4, -0.2) is 20.3 Å². The monoisotopic (exact) mass is 461 g/mol. The molecule has 0 bridgehead atoms. The zero-order valence-corrected chi connectivity index (χ0v) is 19.5. The second kappa shape index (κ2) is 13.1. The van der Waals surface area contributed by atoms with E-state index in [1.165, 1.54) is 5.56 Å². The summed E-state index contributed by atoms with van der Waals surface area (Å²) < 4.78 is 17.2.